The van der Waals surface area contributed by atoms with Crippen LogP contribution in [-0.4, -0.2) is 60.5 Å². The Morgan fingerprint density at radius 2 is 2.25 bits per heavy atom. The Bertz CT molecular complexity index is 665. The van der Waals surface area contributed by atoms with Gasteiger partial charge in [0.05, 0.1) is 19.3 Å². The van der Waals surface area contributed by atoms with Crippen molar-refractivity contribution in [3.8, 4) is 11.5 Å². The van der Waals surface area contributed by atoms with Gasteiger partial charge in [-0.25, -0.2) is 4.79 Å². The SMILES string of the molecule is CCNC(=O)N[C@@H]1CCCC[C@@]12CN(Cc1ccc(O)c(OCC)c1)CCO2. The van der Waals surface area contributed by atoms with E-state index in [0.717, 1.165) is 50.9 Å². The molecule has 1 saturated carbocycles. The van der Waals surface area contributed by atoms with Crippen molar-refractivity contribution in [1.82, 2.24) is 15.5 Å². The maximum atomic E-state index is 12.1. The Morgan fingerprint density at radius 3 is 3.04 bits per heavy atom. The van der Waals surface area contributed by atoms with Crippen LogP contribution in [0.5, 0.6) is 11.5 Å². The summed E-state index contributed by atoms with van der Waals surface area (Å²) in [5, 5.41) is 15.9. The minimum absolute atomic E-state index is 0.0226. The van der Waals surface area contributed by atoms with Gasteiger partial charge < -0.3 is 25.2 Å². The molecule has 28 heavy (non-hydrogen) atoms. The first kappa shape index (κ1) is 20.7. The Hall–Kier alpha value is -1.99. The number of amides is 2. The van der Waals surface area contributed by atoms with Crippen molar-refractivity contribution in [2.75, 3.05) is 32.8 Å². The van der Waals surface area contributed by atoms with Gasteiger partial charge >= 0.3 is 6.03 Å². The van der Waals surface area contributed by atoms with Crippen LogP contribution in [-0.2, 0) is 11.3 Å². The normalized spacial score (nSPS) is 25.4. The van der Waals surface area contributed by atoms with Crippen LogP contribution in [0.4, 0.5) is 4.79 Å². The zero-order valence-electron chi connectivity index (χ0n) is 17.0. The highest BCUT2D eigenvalue weighted by Gasteiger charge is 2.45. The maximum absolute atomic E-state index is 12.1. The second kappa shape index (κ2) is 9.47. The second-order valence-corrected chi connectivity index (χ2v) is 7.66. The molecule has 1 heterocycles. The van der Waals surface area contributed by atoms with Gasteiger partial charge in [0.1, 0.15) is 5.60 Å². The monoisotopic (exact) mass is 391 g/mol. The molecular weight excluding hydrogens is 358 g/mol. The Kier molecular flexibility index (Phi) is 7.02. The number of hydrogen-bond donors (Lipinski definition) is 3. The van der Waals surface area contributed by atoms with Crippen LogP contribution in [0.1, 0.15) is 45.1 Å². The van der Waals surface area contributed by atoms with E-state index in [1.807, 2.05) is 26.0 Å². The zero-order valence-corrected chi connectivity index (χ0v) is 17.0. The summed E-state index contributed by atoms with van der Waals surface area (Å²) in [6, 6.07) is 5.44. The van der Waals surface area contributed by atoms with Crippen LogP contribution in [0, 0.1) is 0 Å². The number of phenols is 1. The number of morpholine rings is 1. The van der Waals surface area contributed by atoms with Crippen LogP contribution >= 0.6 is 0 Å². The average Bonchev–Trinajstić information content (AvgIpc) is 2.67. The number of aromatic hydroxyl groups is 1. The molecule has 1 aromatic carbocycles. The van der Waals surface area contributed by atoms with Crippen molar-refractivity contribution in [3.63, 3.8) is 0 Å². The Balaban J connectivity index is 1.69. The molecule has 2 atom stereocenters. The number of rotatable bonds is 6. The highest BCUT2D eigenvalue weighted by Crippen LogP contribution is 2.36. The number of ether oxygens (including phenoxy) is 2. The van der Waals surface area contributed by atoms with Crippen LogP contribution in [0.3, 0.4) is 0 Å². The number of carbonyl (C=O) groups is 1. The van der Waals surface area contributed by atoms with E-state index >= 15 is 0 Å². The molecule has 2 fully saturated rings. The molecule has 7 nitrogen and oxygen atoms in total. The van der Waals surface area contributed by atoms with Gasteiger partial charge in [-0.1, -0.05) is 18.9 Å². The number of nitrogens with zero attached hydrogens (tertiary/aromatic N) is 1. The fourth-order valence-electron chi connectivity index (χ4n) is 4.35. The van der Waals surface area contributed by atoms with E-state index in [9.17, 15) is 9.90 Å². The van der Waals surface area contributed by atoms with Gasteiger partial charge in [-0.3, -0.25) is 4.90 Å². The maximum Gasteiger partial charge on any atom is 0.315 e. The first-order chi connectivity index (χ1) is 13.6. The van der Waals surface area contributed by atoms with Crippen molar-refractivity contribution in [1.29, 1.82) is 0 Å². The largest absolute Gasteiger partial charge is 0.504 e. The number of phenolic OH excluding ortho intramolecular Hbond substituents is 1. The summed E-state index contributed by atoms with van der Waals surface area (Å²) in [4.78, 5) is 14.5. The molecule has 1 aliphatic carbocycles. The third-order valence-electron chi connectivity index (χ3n) is 5.64. The summed E-state index contributed by atoms with van der Waals surface area (Å²) in [5.74, 6) is 0.693. The fraction of sp³-hybridized carbons (Fsp3) is 0.667. The lowest BCUT2D eigenvalue weighted by Gasteiger charge is -2.49. The van der Waals surface area contributed by atoms with Crippen molar-refractivity contribution in [3.05, 3.63) is 23.8 Å². The lowest BCUT2D eigenvalue weighted by molar-refractivity contribution is -0.142. The van der Waals surface area contributed by atoms with Crippen molar-refractivity contribution in [2.45, 2.75) is 57.7 Å². The standard InChI is InChI=1S/C21H33N3O4/c1-3-22-20(26)23-19-7-5-6-10-21(19)15-24(11-12-28-21)14-16-8-9-17(25)18(13-16)27-4-2/h8-9,13,19,25H,3-7,10-12,14-15H2,1-2H3,(H2,22,23,26)/t19-,21-/m1/s1. The molecule has 3 rings (SSSR count). The summed E-state index contributed by atoms with van der Waals surface area (Å²) in [6.45, 7) is 8.01. The predicted octanol–water partition coefficient (Wildman–Crippen LogP) is 2.62. The van der Waals surface area contributed by atoms with E-state index < -0.39 is 0 Å². The summed E-state index contributed by atoms with van der Waals surface area (Å²) in [6.07, 6.45) is 4.13. The van der Waals surface area contributed by atoms with E-state index in [2.05, 4.69) is 15.5 Å². The van der Waals surface area contributed by atoms with E-state index in [0.29, 0.717) is 25.5 Å². The van der Waals surface area contributed by atoms with Crippen LogP contribution in [0.15, 0.2) is 18.2 Å². The second-order valence-electron chi connectivity index (χ2n) is 7.66. The van der Waals surface area contributed by atoms with Gasteiger partial charge in [0, 0.05) is 26.2 Å². The van der Waals surface area contributed by atoms with Gasteiger partial charge in [-0.15, -0.1) is 0 Å². The van der Waals surface area contributed by atoms with Crippen molar-refractivity contribution >= 4 is 6.03 Å². The van der Waals surface area contributed by atoms with E-state index in [-0.39, 0.29) is 23.4 Å². The third kappa shape index (κ3) is 4.89. The average molecular weight is 392 g/mol. The van der Waals surface area contributed by atoms with Gasteiger partial charge in [0.2, 0.25) is 0 Å². The predicted molar refractivity (Wildman–Crippen MR) is 108 cm³/mol. The summed E-state index contributed by atoms with van der Waals surface area (Å²) in [5.41, 5.74) is 0.767. The molecule has 3 N–H and O–H groups in total. The quantitative estimate of drug-likeness (QED) is 0.694. The zero-order chi connectivity index (χ0) is 20.0. The van der Waals surface area contributed by atoms with E-state index in [1.54, 1.807) is 6.07 Å². The Labute approximate surface area is 167 Å². The van der Waals surface area contributed by atoms with Crippen LogP contribution in [0.2, 0.25) is 0 Å². The van der Waals surface area contributed by atoms with Crippen LogP contribution in [0.25, 0.3) is 0 Å². The number of nitrogens with one attached hydrogen (secondary N) is 2. The molecule has 156 valence electrons. The van der Waals surface area contributed by atoms with Crippen LogP contribution < -0.4 is 15.4 Å². The molecule has 0 aromatic heterocycles. The summed E-state index contributed by atoms with van der Waals surface area (Å²) >= 11 is 0. The number of hydrogen-bond acceptors (Lipinski definition) is 5. The molecule has 2 amide bonds. The topological polar surface area (TPSA) is 83.1 Å². The molecule has 7 heteroatoms. The molecule has 0 unspecified atom stereocenters. The molecule has 0 radical (unpaired) electrons. The molecule has 1 saturated heterocycles. The number of benzene rings is 1. The number of urea groups is 1. The molecule has 0 bridgehead atoms. The van der Waals surface area contributed by atoms with Crippen molar-refractivity contribution < 1.29 is 19.4 Å². The van der Waals surface area contributed by atoms with Crippen molar-refractivity contribution in [2.24, 2.45) is 0 Å². The van der Waals surface area contributed by atoms with E-state index in [4.69, 9.17) is 9.47 Å². The molecule has 1 aromatic rings. The number of carbonyl (C=O) groups excluding carboxylic acids is 1. The van der Waals surface area contributed by atoms with E-state index in [1.165, 1.54) is 0 Å². The lowest BCUT2D eigenvalue weighted by Crippen LogP contribution is -2.64. The minimum Gasteiger partial charge on any atom is -0.504 e. The third-order valence-corrected chi connectivity index (χ3v) is 5.64. The van der Waals surface area contributed by atoms with Gasteiger partial charge in [0.25, 0.3) is 0 Å². The summed E-state index contributed by atoms with van der Waals surface area (Å²) in [7, 11) is 0. The fourth-order valence-corrected chi connectivity index (χ4v) is 4.35. The summed E-state index contributed by atoms with van der Waals surface area (Å²) < 4.78 is 11.8. The lowest BCUT2D eigenvalue weighted by atomic mass is 9.79. The van der Waals surface area contributed by atoms with Gasteiger partial charge in [-0.2, -0.15) is 0 Å². The highest BCUT2D eigenvalue weighted by molar-refractivity contribution is 5.74. The van der Waals surface area contributed by atoms with Gasteiger partial charge in [0.15, 0.2) is 11.5 Å². The highest BCUT2D eigenvalue weighted by atomic mass is 16.5. The first-order valence-electron chi connectivity index (χ1n) is 10.4. The first-order valence-corrected chi connectivity index (χ1v) is 10.4. The Morgan fingerprint density at radius 1 is 1.39 bits per heavy atom. The smallest absolute Gasteiger partial charge is 0.315 e. The van der Waals surface area contributed by atoms with Gasteiger partial charge in [-0.05, 0) is 44.4 Å². The molecule has 2 aliphatic rings. The molecule has 1 aliphatic heterocycles. The molecular formula is C21H33N3O4. The molecule has 1 spiro atoms. The minimum atomic E-state index is -0.332.